The first-order valence-corrected chi connectivity index (χ1v) is 4.84. The minimum Gasteiger partial charge on any atom is -0.395 e. The van der Waals surface area contributed by atoms with Crippen LogP contribution in [0.3, 0.4) is 0 Å². The van der Waals surface area contributed by atoms with Gasteiger partial charge in [-0.3, -0.25) is 0 Å². The molecule has 1 rings (SSSR count). The Bertz CT molecular complexity index is 79.0. The van der Waals surface area contributed by atoms with E-state index in [0.29, 0.717) is 9.83 Å². The van der Waals surface area contributed by atoms with E-state index in [1.54, 1.807) is 23.5 Å². The van der Waals surface area contributed by atoms with Gasteiger partial charge in [0.1, 0.15) is 0 Å². The molecule has 0 aromatic rings. The van der Waals surface area contributed by atoms with Crippen LogP contribution in [0.25, 0.3) is 0 Å². The molecule has 2 atom stereocenters. The van der Waals surface area contributed by atoms with Crippen molar-refractivity contribution in [3.05, 3.63) is 0 Å². The molecule has 0 aromatic carbocycles. The molecular weight excluding hydrogens is 156 g/mol. The normalized spacial score (nSPS) is 35.3. The van der Waals surface area contributed by atoms with Crippen molar-refractivity contribution >= 4 is 23.5 Å². The lowest BCUT2D eigenvalue weighted by Gasteiger charge is -2.02. The van der Waals surface area contributed by atoms with Crippen LogP contribution in [-0.4, -0.2) is 39.0 Å². The van der Waals surface area contributed by atoms with Crippen molar-refractivity contribution < 1.29 is 10.2 Å². The zero-order valence-corrected chi connectivity index (χ0v) is 6.62. The Morgan fingerprint density at radius 2 is 2.11 bits per heavy atom. The topological polar surface area (TPSA) is 40.5 Å². The Balaban J connectivity index is 2.20. The van der Waals surface area contributed by atoms with E-state index in [4.69, 9.17) is 10.2 Å². The van der Waals surface area contributed by atoms with Gasteiger partial charge in [-0.1, -0.05) is 0 Å². The summed E-state index contributed by atoms with van der Waals surface area (Å²) >= 11 is 3.40. The monoisotopic (exact) mass is 166 g/mol. The van der Waals surface area contributed by atoms with Crippen molar-refractivity contribution in [3.8, 4) is 0 Å². The fraction of sp³-hybridized carbons (Fsp3) is 1.00. The first-order chi connectivity index (χ1) is 4.36. The molecule has 0 spiro atoms. The second-order valence-electron chi connectivity index (χ2n) is 1.89. The van der Waals surface area contributed by atoms with E-state index in [-0.39, 0.29) is 13.2 Å². The SMILES string of the molecule is OCC1CSC(CO)S1. The standard InChI is InChI=1S/C5H10O2S2/c6-1-4-3-8-5(2-7)9-4/h4-7H,1-3H2. The summed E-state index contributed by atoms with van der Waals surface area (Å²) < 4.78 is 0.308. The quantitative estimate of drug-likeness (QED) is 0.612. The molecule has 1 aliphatic rings. The lowest BCUT2D eigenvalue weighted by Crippen LogP contribution is -2.07. The molecule has 2 nitrogen and oxygen atoms in total. The Morgan fingerprint density at radius 3 is 2.44 bits per heavy atom. The summed E-state index contributed by atoms with van der Waals surface area (Å²) in [5.41, 5.74) is 0. The maximum atomic E-state index is 8.66. The predicted molar refractivity (Wildman–Crippen MR) is 41.8 cm³/mol. The molecule has 2 N–H and O–H groups in total. The van der Waals surface area contributed by atoms with Crippen molar-refractivity contribution in [2.45, 2.75) is 9.83 Å². The molecule has 0 radical (unpaired) electrons. The molecule has 0 aliphatic carbocycles. The highest BCUT2D eigenvalue weighted by molar-refractivity contribution is 8.20. The summed E-state index contributed by atoms with van der Waals surface area (Å²) in [6, 6.07) is 0. The zero-order valence-electron chi connectivity index (χ0n) is 4.99. The maximum Gasteiger partial charge on any atom is 0.0737 e. The Morgan fingerprint density at radius 1 is 1.33 bits per heavy atom. The first-order valence-electron chi connectivity index (χ1n) is 2.85. The third-order valence-electron chi connectivity index (χ3n) is 1.16. The first kappa shape index (κ1) is 7.72. The molecule has 1 aliphatic heterocycles. The van der Waals surface area contributed by atoms with Crippen LogP contribution in [0.4, 0.5) is 0 Å². The predicted octanol–water partition coefficient (Wildman–Crippen LogP) is 0.146. The van der Waals surface area contributed by atoms with Crippen LogP contribution in [0.2, 0.25) is 0 Å². The average molecular weight is 166 g/mol. The molecular formula is C5H10O2S2. The largest absolute Gasteiger partial charge is 0.395 e. The summed E-state index contributed by atoms with van der Waals surface area (Å²) in [7, 11) is 0. The maximum absolute atomic E-state index is 8.66. The summed E-state index contributed by atoms with van der Waals surface area (Å²) in [5, 5.41) is 17.7. The molecule has 54 valence electrons. The van der Waals surface area contributed by atoms with Crippen molar-refractivity contribution in [1.82, 2.24) is 0 Å². The summed E-state index contributed by atoms with van der Waals surface area (Å²) in [6.45, 7) is 0.472. The highest BCUT2D eigenvalue weighted by Crippen LogP contribution is 2.36. The van der Waals surface area contributed by atoms with Gasteiger partial charge in [0.2, 0.25) is 0 Å². The highest BCUT2D eigenvalue weighted by Gasteiger charge is 2.23. The zero-order chi connectivity index (χ0) is 6.69. The summed E-state index contributed by atoms with van der Waals surface area (Å²) in [4.78, 5) is 0. The van der Waals surface area contributed by atoms with E-state index in [1.165, 1.54) is 0 Å². The lowest BCUT2D eigenvalue weighted by atomic mass is 10.5. The van der Waals surface area contributed by atoms with E-state index < -0.39 is 0 Å². The number of aliphatic hydroxyl groups is 2. The van der Waals surface area contributed by atoms with Gasteiger partial charge in [0.15, 0.2) is 0 Å². The van der Waals surface area contributed by atoms with Gasteiger partial charge in [0.05, 0.1) is 17.8 Å². The summed E-state index contributed by atoms with van der Waals surface area (Å²) in [5.74, 6) is 0.979. The van der Waals surface area contributed by atoms with Gasteiger partial charge in [0, 0.05) is 11.0 Å². The van der Waals surface area contributed by atoms with Crippen LogP contribution in [-0.2, 0) is 0 Å². The van der Waals surface area contributed by atoms with Crippen molar-refractivity contribution in [3.63, 3.8) is 0 Å². The van der Waals surface area contributed by atoms with Gasteiger partial charge in [-0.2, -0.15) is 0 Å². The van der Waals surface area contributed by atoms with E-state index in [2.05, 4.69) is 0 Å². The second-order valence-corrected chi connectivity index (χ2v) is 4.93. The van der Waals surface area contributed by atoms with Gasteiger partial charge in [-0.25, -0.2) is 0 Å². The van der Waals surface area contributed by atoms with Gasteiger partial charge < -0.3 is 10.2 Å². The van der Waals surface area contributed by atoms with E-state index >= 15 is 0 Å². The number of hydrogen-bond acceptors (Lipinski definition) is 4. The van der Waals surface area contributed by atoms with Gasteiger partial charge >= 0.3 is 0 Å². The highest BCUT2D eigenvalue weighted by atomic mass is 32.2. The third-order valence-corrected chi connectivity index (χ3v) is 4.39. The molecule has 0 bridgehead atoms. The third kappa shape index (κ3) is 2.04. The fourth-order valence-electron chi connectivity index (χ4n) is 0.699. The second kappa shape index (κ2) is 3.71. The number of rotatable bonds is 2. The molecule has 4 heteroatoms. The molecule has 2 unspecified atom stereocenters. The van der Waals surface area contributed by atoms with Crippen LogP contribution in [0.5, 0.6) is 0 Å². The average Bonchev–Trinajstić information content (AvgIpc) is 2.34. The molecule has 0 saturated carbocycles. The molecule has 1 saturated heterocycles. The number of thioether (sulfide) groups is 2. The molecule has 0 amide bonds. The number of hydrogen-bond donors (Lipinski definition) is 2. The fourth-order valence-corrected chi connectivity index (χ4v) is 3.51. The molecule has 0 aromatic heterocycles. The van der Waals surface area contributed by atoms with E-state index in [9.17, 15) is 0 Å². The molecule has 1 heterocycles. The van der Waals surface area contributed by atoms with Crippen LogP contribution in [0.15, 0.2) is 0 Å². The minimum atomic E-state index is 0.228. The smallest absolute Gasteiger partial charge is 0.0737 e. The van der Waals surface area contributed by atoms with Crippen LogP contribution >= 0.6 is 23.5 Å². The van der Waals surface area contributed by atoms with Crippen molar-refractivity contribution in [2.24, 2.45) is 0 Å². The minimum absolute atomic E-state index is 0.228. The molecule has 9 heavy (non-hydrogen) atoms. The molecule has 1 fully saturated rings. The summed E-state index contributed by atoms with van der Waals surface area (Å²) in [6.07, 6.45) is 0. The van der Waals surface area contributed by atoms with E-state index in [0.717, 1.165) is 5.75 Å². The Labute approximate surface area is 63.0 Å². The number of aliphatic hydroxyl groups excluding tert-OH is 2. The lowest BCUT2D eigenvalue weighted by molar-refractivity contribution is 0.301. The van der Waals surface area contributed by atoms with E-state index in [1.807, 2.05) is 0 Å². The van der Waals surface area contributed by atoms with Crippen LogP contribution < -0.4 is 0 Å². The van der Waals surface area contributed by atoms with Crippen molar-refractivity contribution in [1.29, 1.82) is 0 Å². The Kier molecular flexibility index (Phi) is 3.18. The van der Waals surface area contributed by atoms with Gasteiger partial charge in [-0.15, -0.1) is 23.5 Å². The van der Waals surface area contributed by atoms with Crippen LogP contribution in [0, 0.1) is 0 Å². The Hall–Kier alpha value is 0.620. The van der Waals surface area contributed by atoms with Gasteiger partial charge in [0.25, 0.3) is 0 Å². The van der Waals surface area contributed by atoms with Gasteiger partial charge in [-0.05, 0) is 0 Å². The van der Waals surface area contributed by atoms with Crippen LogP contribution in [0.1, 0.15) is 0 Å². The van der Waals surface area contributed by atoms with Crippen molar-refractivity contribution in [2.75, 3.05) is 19.0 Å².